The Morgan fingerprint density at radius 2 is 2.22 bits per heavy atom. The van der Waals surface area contributed by atoms with E-state index in [2.05, 4.69) is 24.3 Å². The monoisotopic (exact) mass is 268 g/mol. The summed E-state index contributed by atoms with van der Waals surface area (Å²) in [7, 11) is 6.00. The van der Waals surface area contributed by atoms with Crippen molar-refractivity contribution in [2.45, 2.75) is 18.4 Å². The van der Waals surface area contributed by atoms with E-state index in [9.17, 15) is 0 Å². The molecule has 1 saturated heterocycles. The molecule has 3 nitrogen and oxygen atoms in total. The minimum Gasteiger partial charge on any atom is -0.496 e. The minimum atomic E-state index is 0.165. The Morgan fingerprint density at radius 3 is 2.78 bits per heavy atom. The fraction of sp³-hybridized carbons (Fsp3) is 0.571. The van der Waals surface area contributed by atoms with Gasteiger partial charge in [-0.25, -0.2) is 0 Å². The third-order valence-corrected chi connectivity index (χ3v) is 4.17. The van der Waals surface area contributed by atoms with E-state index in [0.717, 1.165) is 36.7 Å². The first-order chi connectivity index (χ1) is 8.57. The average Bonchev–Trinajstić information content (AvgIpc) is 2.79. The van der Waals surface area contributed by atoms with Crippen molar-refractivity contribution in [3.05, 3.63) is 28.8 Å². The molecule has 1 unspecified atom stereocenters. The zero-order valence-electron chi connectivity index (χ0n) is 11.3. The molecule has 0 bridgehead atoms. The van der Waals surface area contributed by atoms with Crippen LogP contribution in [0.5, 0.6) is 5.75 Å². The molecule has 0 radical (unpaired) electrons. The van der Waals surface area contributed by atoms with E-state index in [1.54, 1.807) is 7.11 Å². The van der Waals surface area contributed by atoms with Gasteiger partial charge in [0.05, 0.1) is 7.11 Å². The second-order valence-corrected chi connectivity index (χ2v) is 5.61. The molecule has 1 aliphatic rings. The summed E-state index contributed by atoms with van der Waals surface area (Å²) in [6.07, 6.45) is 2.10. The lowest BCUT2D eigenvalue weighted by atomic mass is 9.88. The van der Waals surface area contributed by atoms with E-state index in [0.29, 0.717) is 0 Å². The Hall–Kier alpha value is -0.770. The fourth-order valence-corrected chi connectivity index (χ4v) is 2.86. The van der Waals surface area contributed by atoms with Gasteiger partial charge in [-0.15, -0.1) is 0 Å². The summed E-state index contributed by atoms with van der Waals surface area (Å²) >= 11 is 6.10. The molecule has 1 aliphatic heterocycles. The molecule has 1 fully saturated rings. The minimum absolute atomic E-state index is 0.165. The van der Waals surface area contributed by atoms with Gasteiger partial charge < -0.3 is 15.0 Å². The SMILES string of the molecule is COc1ccc(Cl)cc1CC1(N(C)C)CCNC1. The van der Waals surface area contributed by atoms with Crippen molar-refractivity contribution in [1.82, 2.24) is 10.2 Å². The predicted molar refractivity (Wildman–Crippen MR) is 75.6 cm³/mol. The van der Waals surface area contributed by atoms with Crippen molar-refractivity contribution < 1.29 is 4.74 Å². The number of halogens is 1. The van der Waals surface area contributed by atoms with Gasteiger partial charge in [-0.1, -0.05) is 11.6 Å². The molecule has 4 heteroatoms. The van der Waals surface area contributed by atoms with Crippen LogP contribution in [0.1, 0.15) is 12.0 Å². The first-order valence-corrected chi connectivity index (χ1v) is 6.66. The van der Waals surface area contributed by atoms with Gasteiger partial charge in [-0.3, -0.25) is 0 Å². The Morgan fingerprint density at radius 1 is 1.44 bits per heavy atom. The van der Waals surface area contributed by atoms with Crippen LogP contribution in [0, 0.1) is 0 Å². The van der Waals surface area contributed by atoms with Gasteiger partial charge in [-0.2, -0.15) is 0 Å². The normalized spacial score (nSPS) is 23.6. The van der Waals surface area contributed by atoms with Crippen molar-refractivity contribution in [3.8, 4) is 5.75 Å². The Labute approximate surface area is 114 Å². The van der Waals surface area contributed by atoms with Gasteiger partial charge in [0.2, 0.25) is 0 Å². The van der Waals surface area contributed by atoms with Crippen LogP contribution in [0.15, 0.2) is 18.2 Å². The number of hydrogen-bond donors (Lipinski definition) is 1. The van der Waals surface area contributed by atoms with Crippen LogP contribution in [0.25, 0.3) is 0 Å². The molecule has 100 valence electrons. The summed E-state index contributed by atoms with van der Waals surface area (Å²) in [5.41, 5.74) is 1.35. The van der Waals surface area contributed by atoms with Gasteiger partial charge in [0.15, 0.2) is 0 Å². The van der Waals surface area contributed by atoms with Crippen molar-refractivity contribution in [3.63, 3.8) is 0 Å². The van der Waals surface area contributed by atoms with Crippen LogP contribution in [0.2, 0.25) is 5.02 Å². The van der Waals surface area contributed by atoms with E-state index in [4.69, 9.17) is 16.3 Å². The van der Waals surface area contributed by atoms with Gasteiger partial charge in [-0.05, 0) is 57.2 Å². The number of ether oxygens (including phenoxy) is 1. The second-order valence-electron chi connectivity index (χ2n) is 5.18. The Kier molecular flexibility index (Phi) is 4.15. The molecule has 2 rings (SSSR count). The maximum Gasteiger partial charge on any atom is 0.122 e. The lowest BCUT2D eigenvalue weighted by Gasteiger charge is -2.36. The van der Waals surface area contributed by atoms with E-state index >= 15 is 0 Å². The van der Waals surface area contributed by atoms with Crippen molar-refractivity contribution in [2.75, 3.05) is 34.3 Å². The molecular weight excluding hydrogens is 248 g/mol. The maximum atomic E-state index is 6.10. The smallest absolute Gasteiger partial charge is 0.122 e. The molecule has 1 aromatic rings. The molecule has 0 spiro atoms. The summed E-state index contributed by atoms with van der Waals surface area (Å²) in [5.74, 6) is 0.924. The highest BCUT2D eigenvalue weighted by Gasteiger charge is 2.36. The molecule has 18 heavy (non-hydrogen) atoms. The Balaban J connectivity index is 2.29. The molecular formula is C14H21ClN2O. The van der Waals surface area contributed by atoms with Crippen LogP contribution in [0.4, 0.5) is 0 Å². The molecule has 0 aliphatic carbocycles. The van der Waals surface area contributed by atoms with Gasteiger partial charge in [0.25, 0.3) is 0 Å². The summed E-state index contributed by atoms with van der Waals surface area (Å²) in [4.78, 5) is 2.31. The van der Waals surface area contributed by atoms with E-state index in [-0.39, 0.29) is 5.54 Å². The van der Waals surface area contributed by atoms with E-state index in [1.807, 2.05) is 18.2 Å². The standard InChI is InChI=1S/C14H21ClN2O/c1-17(2)14(6-7-16-10-14)9-11-8-12(15)4-5-13(11)18-3/h4-5,8,16H,6-7,9-10H2,1-3H3. The van der Waals surface area contributed by atoms with Crippen molar-refractivity contribution in [1.29, 1.82) is 0 Å². The van der Waals surface area contributed by atoms with Gasteiger partial charge in [0.1, 0.15) is 5.75 Å². The van der Waals surface area contributed by atoms with Crippen LogP contribution in [-0.2, 0) is 6.42 Å². The third kappa shape index (κ3) is 2.63. The highest BCUT2D eigenvalue weighted by atomic mass is 35.5. The molecule has 1 aromatic carbocycles. The molecule has 1 N–H and O–H groups in total. The number of hydrogen-bond acceptors (Lipinski definition) is 3. The average molecular weight is 269 g/mol. The predicted octanol–water partition coefficient (Wildman–Crippen LogP) is 2.18. The number of benzene rings is 1. The largest absolute Gasteiger partial charge is 0.496 e. The number of nitrogens with one attached hydrogen (secondary N) is 1. The summed E-state index contributed by atoms with van der Waals surface area (Å²) < 4.78 is 5.44. The van der Waals surface area contributed by atoms with Crippen LogP contribution < -0.4 is 10.1 Å². The first-order valence-electron chi connectivity index (χ1n) is 6.28. The van der Waals surface area contributed by atoms with Crippen molar-refractivity contribution >= 4 is 11.6 Å². The number of rotatable bonds is 4. The maximum absolute atomic E-state index is 6.10. The molecule has 0 amide bonds. The lowest BCUT2D eigenvalue weighted by molar-refractivity contribution is 0.171. The topological polar surface area (TPSA) is 24.5 Å². The van der Waals surface area contributed by atoms with Crippen molar-refractivity contribution in [2.24, 2.45) is 0 Å². The zero-order valence-corrected chi connectivity index (χ0v) is 12.0. The highest BCUT2D eigenvalue weighted by Crippen LogP contribution is 2.31. The lowest BCUT2D eigenvalue weighted by Crippen LogP contribution is -2.48. The van der Waals surface area contributed by atoms with Gasteiger partial charge in [0, 0.05) is 17.1 Å². The molecule has 1 heterocycles. The number of nitrogens with zero attached hydrogens (tertiary/aromatic N) is 1. The Bertz CT molecular complexity index is 414. The number of methoxy groups -OCH3 is 1. The number of likely N-dealkylation sites (N-methyl/N-ethyl adjacent to an activating group) is 1. The fourth-order valence-electron chi connectivity index (χ4n) is 2.66. The van der Waals surface area contributed by atoms with Crippen LogP contribution in [-0.4, -0.2) is 44.7 Å². The highest BCUT2D eigenvalue weighted by molar-refractivity contribution is 6.30. The summed E-state index contributed by atoms with van der Waals surface area (Å²) in [6, 6.07) is 5.84. The molecule has 0 aromatic heterocycles. The van der Waals surface area contributed by atoms with E-state index in [1.165, 1.54) is 5.56 Å². The quantitative estimate of drug-likeness (QED) is 0.906. The summed E-state index contributed by atoms with van der Waals surface area (Å²) in [5, 5.41) is 4.22. The van der Waals surface area contributed by atoms with Gasteiger partial charge >= 0.3 is 0 Å². The van der Waals surface area contributed by atoms with Crippen LogP contribution >= 0.6 is 11.6 Å². The third-order valence-electron chi connectivity index (χ3n) is 3.93. The zero-order chi connectivity index (χ0) is 13.2. The molecule has 0 saturated carbocycles. The van der Waals surface area contributed by atoms with Crippen LogP contribution in [0.3, 0.4) is 0 Å². The summed E-state index contributed by atoms with van der Waals surface area (Å²) in [6.45, 7) is 2.08. The first kappa shape index (κ1) is 13.7. The molecule has 1 atom stereocenters. The van der Waals surface area contributed by atoms with E-state index < -0.39 is 0 Å². The second kappa shape index (κ2) is 5.47.